The molecular weight excluding hydrogens is 318 g/mol. The first kappa shape index (κ1) is 15.2. The molecule has 0 aliphatic carbocycles. The normalized spacial score (nSPS) is 14.5. The molecule has 0 aliphatic heterocycles. The minimum Gasteiger partial charge on any atom is -0.424 e. The molecule has 2 rings (SSSR count). The summed E-state index contributed by atoms with van der Waals surface area (Å²) in [6, 6.07) is 8.40. The zero-order chi connectivity index (χ0) is 14.8. The Bertz CT molecular complexity index is 565. The van der Waals surface area contributed by atoms with Crippen molar-refractivity contribution in [2.45, 2.75) is 39.8 Å². The minimum absolute atomic E-state index is 0.150. The molecule has 0 bridgehead atoms. The van der Waals surface area contributed by atoms with Crippen molar-refractivity contribution in [1.82, 2.24) is 15.5 Å². The molecule has 20 heavy (non-hydrogen) atoms. The van der Waals surface area contributed by atoms with Crippen molar-refractivity contribution < 1.29 is 4.42 Å². The molecule has 0 spiro atoms. The van der Waals surface area contributed by atoms with Gasteiger partial charge in [-0.25, -0.2) is 0 Å². The Morgan fingerprint density at radius 3 is 2.40 bits per heavy atom. The standard InChI is InChI=1S/C15H20BrN3O/c1-10(2)15(4,12-5-7-13(16)8-6-12)17-9-14-19-18-11(3)20-14/h5-8,10,17H,9H2,1-4H3/t15-/m1/s1. The Morgan fingerprint density at radius 2 is 1.90 bits per heavy atom. The lowest BCUT2D eigenvalue weighted by molar-refractivity contribution is 0.251. The summed E-state index contributed by atoms with van der Waals surface area (Å²) in [5.41, 5.74) is 1.09. The van der Waals surface area contributed by atoms with Gasteiger partial charge in [-0.05, 0) is 30.5 Å². The van der Waals surface area contributed by atoms with Gasteiger partial charge in [-0.2, -0.15) is 0 Å². The van der Waals surface area contributed by atoms with Crippen LogP contribution in [0.5, 0.6) is 0 Å². The summed E-state index contributed by atoms with van der Waals surface area (Å²) in [4.78, 5) is 0. The van der Waals surface area contributed by atoms with Crippen molar-refractivity contribution in [3.63, 3.8) is 0 Å². The summed E-state index contributed by atoms with van der Waals surface area (Å²) in [5, 5.41) is 11.4. The van der Waals surface area contributed by atoms with Crippen LogP contribution in [-0.4, -0.2) is 10.2 Å². The first-order chi connectivity index (χ1) is 9.41. The molecule has 1 heterocycles. The number of nitrogens with zero attached hydrogens (tertiary/aromatic N) is 2. The molecule has 0 aliphatic rings. The fourth-order valence-corrected chi connectivity index (χ4v) is 2.37. The van der Waals surface area contributed by atoms with E-state index in [4.69, 9.17) is 4.42 Å². The van der Waals surface area contributed by atoms with E-state index in [1.165, 1.54) is 5.56 Å². The molecule has 0 radical (unpaired) electrons. The average Bonchev–Trinajstić information content (AvgIpc) is 2.82. The van der Waals surface area contributed by atoms with Crippen LogP contribution in [0.15, 0.2) is 33.2 Å². The molecule has 1 aromatic heterocycles. The van der Waals surface area contributed by atoms with E-state index in [1.807, 2.05) is 0 Å². The number of aromatic nitrogens is 2. The van der Waals surface area contributed by atoms with Crippen molar-refractivity contribution in [2.75, 3.05) is 0 Å². The third kappa shape index (κ3) is 3.27. The Kier molecular flexibility index (Phi) is 4.60. The van der Waals surface area contributed by atoms with Gasteiger partial charge in [-0.3, -0.25) is 5.32 Å². The van der Waals surface area contributed by atoms with Crippen molar-refractivity contribution in [2.24, 2.45) is 5.92 Å². The first-order valence-corrected chi connectivity index (χ1v) is 7.51. The predicted octanol–water partition coefficient (Wildman–Crippen LogP) is 3.80. The molecule has 108 valence electrons. The van der Waals surface area contributed by atoms with Crippen LogP contribution >= 0.6 is 15.9 Å². The molecule has 4 nitrogen and oxygen atoms in total. The fourth-order valence-electron chi connectivity index (χ4n) is 2.10. The van der Waals surface area contributed by atoms with E-state index in [1.54, 1.807) is 6.92 Å². The van der Waals surface area contributed by atoms with Gasteiger partial charge < -0.3 is 4.42 Å². The Labute approximate surface area is 128 Å². The van der Waals surface area contributed by atoms with Gasteiger partial charge in [0.15, 0.2) is 0 Å². The lowest BCUT2D eigenvalue weighted by Gasteiger charge is -2.35. The van der Waals surface area contributed by atoms with Crippen LogP contribution in [0.4, 0.5) is 0 Å². The van der Waals surface area contributed by atoms with Gasteiger partial charge in [0.25, 0.3) is 0 Å². The van der Waals surface area contributed by atoms with Gasteiger partial charge >= 0.3 is 0 Å². The maximum absolute atomic E-state index is 5.42. The van der Waals surface area contributed by atoms with Gasteiger partial charge in [0, 0.05) is 16.9 Å². The highest BCUT2D eigenvalue weighted by Crippen LogP contribution is 2.30. The van der Waals surface area contributed by atoms with Crippen LogP contribution in [0.3, 0.4) is 0 Å². The largest absolute Gasteiger partial charge is 0.424 e. The second-order valence-electron chi connectivity index (χ2n) is 5.43. The van der Waals surface area contributed by atoms with Crippen molar-refractivity contribution in [3.8, 4) is 0 Å². The van der Waals surface area contributed by atoms with E-state index in [0.29, 0.717) is 24.2 Å². The van der Waals surface area contributed by atoms with Crippen LogP contribution < -0.4 is 5.32 Å². The second-order valence-corrected chi connectivity index (χ2v) is 6.35. The number of aryl methyl sites for hydroxylation is 1. The predicted molar refractivity (Wildman–Crippen MR) is 82.2 cm³/mol. The summed E-state index contributed by atoms with van der Waals surface area (Å²) < 4.78 is 6.50. The maximum atomic E-state index is 5.42. The van der Waals surface area contributed by atoms with Crippen molar-refractivity contribution >= 4 is 15.9 Å². The Balaban J connectivity index is 2.18. The number of benzene rings is 1. The second kappa shape index (κ2) is 6.06. The maximum Gasteiger partial charge on any atom is 0.230 e. The van der Waals surface area contributed by atoms with Crippen LogP contribution in [0, 0.1) is 12.8 Å². The van der Waals surface area contributed by atoms with Gasteiger partial charge in [0.05, 0.1) is 6.54 Å². The summed E-state index contributed by atoms with van der Waals surface area (Å²) in [5.74, 6) is 1.64. The molecule has 0 amide bonds. The molecule has 1 aromatic carbocycles. The van der Waals surface area contributed by atoms with E-state index in [9.17, 15) is 0 Å². The van der Waals surface area contributed by atoms with Crippen LogP contribution in [0.25, 0.3) is 0 Å². The molecule has 1 atom stereocenters. The van der Waals surface area contributed by atoms with Crippen LogP contribution in [0.2, 0.25) is 0 Å². The zero-order valence-electron chi connectivity index (χ0n) is 12.3. The topological polar surface area (TPSA) is 51.0 Å². The average molecular weight is 338 g/mol. The number of hydrogen-bond donors (Lipinski definition) is 1. The number of nitrogens with one attached hydrogen (secondary N) is 1. The summed E-state index contributed by atoms with van der Waals surface area (Å²) in [6.45, 7) is 8.96. The summed E-state index contributed by atoms with van der Waals surface area (Å²) in [6.07, 6.45) is 0. The molecule has 5 heteroatoms. The minimum atomic E-state index is -0.150. The van der Waals surface area contributed by atoms with Gasteiger partial charge in [0.2, 0.25) is 11.8 Å². The highest BCUT2D eigenvalue weighted by atomic mass is 79.9. The number of halogens is 1. The molecule has 0 saturated heterocycles. The molecule has 0 saturated carbocycles. The SMILES string of the molecule is Cc1nnc(CN[C@@](C)(c2ccc(Br)cc2)C(C)C)o1. The highest BCUT2D eigenvalue weighted by molar-refractivity contribution is 9.10. The Hall–Kier alpha value is -1.20. The highest BCUT2D eigenvalue weighted by Gasteiger charge is 2.30. The van der Waals surface area contributed by atoms with Crippen LogP contribution in [-0.2, 0) is 12.1 Å². The third-order valence-electron chi connectivity index (χ3n) is 3.77. The molecular formula is C15H20BrN3O. The lowest BCUT2D eigenvalue weighted by atomic mass is 9.81. The fraction of sp³-hybridized carbons (Fsp3) is 0.467. The van der Waals surface area contributed by atoms with E-state index in [-0.39, 0.29) is 5.54 Å². The molecule has 2 aromatic rings. The summed E-state index contributed by atoms with van der Waals surface area (Å²) >= 11 is 3.47. The van der Waals surface area contributed by atoms with E-state index < -0.39 is 0 Å². The number of hydrogen-bond acceptors (Lipinski definition) is 4. The van der Waals surface area contributed by atoms with E-state index >= 15 is 0 Å². The first-order valence-electron chi connectivity index (χ1n) is 6.72. The third-order valence-corrected chi connectivity index (χ3v) is 4.30. The van der Waals surface area contributed by atoms with Crippen molar-refractivity contribution in [3.05, 3.63) is 46.1 Å². The monoisotopic (exact) mass is 337 g/mol. The summed E-state index contributed by atoms with van der Waals surface area (Å²) in [7, 11) is 0. The van der Waals surface area contributed by atoms with Gasteiger partial charge in [-0.15, -0.1) is 10.2 Å². The Morgan fingerprint density at radius 1 is 1.25 bits per heavy atom. The molecule has 0 unspecified atom stereocenters. The molecule has 1 N–H and O–H groups in total. The zero-order valence-corrected chi connectivity index (χ0v) is 13.9. The van der Waals surface area contributed by atoms with Crippen molar-refractivity contribution in [1.29, 1.82) is 0 Å². The van der Waals surface area contributed by atoms with E-state index in [2.05, 4.69) is 76.5 Å². The lowest BCUT2D eigenvalue weighted by Crippen LogP contribution is -2.43. The number of rotatable bonds is 5. The quantitative estimate of drug-likeness (QED) is 0.901. The smallest absolute Gasteiger partial charge is 0.230 e. The van der Waals surface area contributed by atoms with Gasteiger partial charge in [0.1, 0.15) is 0 Å². The molecule has 0 fully saturated rings. The van der Waals surface area contributed by atoms with E-state index in [0.717, 1.165) is 4.47 Å². The van der Waals surface area contributed by atoms with Gasteiger partial charge in [-0.1, -0.05) is 41.9 Å². The van der Waals surface area contributed by atoms with Crippen LogP contribution in [0.1, 0.15) is 38.1 Å².